The molecule has 3 fully saturated rings. The number of carbonyl (C=O) groups excluding carboxylic acids is 3. The maximum absolute atomic E-state index is 14.2. The number of hydrogen-bond donors (Lipinski definition) is 1. The zero-order valence-corrected chi connectivity index (χ0v) is 19.2. The van der Waals surface area contributed by atoms with Gasteiger partial charge in [0.15, 0.2) is 0 Å². The summed E-state index contributed by atoms with van der Waals surface area (Å²) in [6, 6.07) is 17.4. The van der Waals surface area contributed by atoms with Crippen molar-refractivity contribution < 1.29 is 14.4 Å². The zero-order chi connectivity index (χ0) is 23.4. The van der Waals surface area contributed by atoms with Gasteiger partial charge in [-0.3, -0.25) is 19.3 Å². The highest BCUT2D eigenvalue weighted by Gasteiger charge is 2.74. The number of carbonyl (C=O) groups is 3. The maximum atomic E-state index is 14.2. The number of rotatable bonds is 1. The second kappa shape index (κ2) is 6.54. The number of nitrogens with one attached hydrogen (secondary N) is 1. The van der Waals surface area contributed by atoms with E-state index in [1.807, 2.05) is 68.4 Å². The molecular formula is C28H25N3O3. The molecule has 34 heavy (non-hydrogen) atoms. The molecule has 7 rings (SSSR count). The Hall–Kier alpha value is -3.51. The Morgan fingerprint density at radius 1 is 0.941 bits per heavy atom. The van der Waals surface area contributed by atoms with Gasteiger partial charge in [0.1, 0.15) is 5.54 Å². The molecule has 0 saturated carbocycles. The van der Waals surface area contributed by atoms with Crippen molar-refractivity contribution in [2.75, 3.05) is 16.8 Å². The summed E-state index contributed by atoms with van der Waals surface area (Å²) < 4.78 is 0. The number of anilines is 2. The lowest BCUT2D eigenvalue weighted by Crippen LogP contribution is -2.54. The fourth-order valence-corrected chi connectivity index (χ4v) is 7.16. The summed E-state index contributed by atoms with van der Waals surface area (Å²) in [5.41, 5.74) is 3.24. The van der Waals surface area contributed by atoms with Crippen molar-refractivity contribution in [1.82, 2.24) is 4.90 Å². The van der Waals surface area contributed by atoms with E-state index in [0.29, 0.717) is 12.2 Å². The minimum absolute atomic E-state index is 0.111. The van der Waals surface area contributed by atoms with Crippen molar-refractivity contribution in [3.05, 3.63) is 71.3 Å². The second-order valence-electron chi connectivity index (χ2n) is 10.1. The van der Waals surface area contributed by atoms with E-state index < -0.39 is 17.4 Å². The lowest BCUT2D eigenvalue weighted by molar-refractivity contribution is -0.135. The predicted molar refractivity (Wildman–Crippen MR) is 129 cm³/mol. The van der Waals surface area contributed by atoms with Gasteiger partial charge in [-0.2, -0.15) is 0 Å². The van der Waals surface area contributed by atoms with Crippen LogP contribution in [0.1, 0.15) is 29.5 Å². The smallest absolute Gasteiger partial charge is 0.250 e. The van der Waals surface area contributed by atoms with Crippen LogP contribution in [0.2, 0.25) is 0 Å². The van der Waals surface area contributed by atoms with Crippen molar-refractivity contribution in [2.45, 2.75) is 38.3 Å². The lowest BCUT2D eigenvalue weighted by atomic mass is 9.75. The molecule has 170 valence electrons. The van der Waals surface area contributed by atoms with E-state index in [9.17, 15) is 14.4 Å². The third-order valence-electron chi connectivity index (χ3n) is 8.71. The fourth-order valence-electron chi connectivity index (χ4n) is 7.16. The van der Waals surface area contributed by atoms with Gasteiger partial charge >= 0.3 is 0 Å². The van der Waals surface area contributed by atoms with E-state index in [2.05, 4.69) is 10.2 Å². The molecule has 0 aliphatic carbocycles. The Kier molecular flexibility index (Phi) is 3.83. The van der Waals surface area contributed by atoms with Gasteiger partial charge in [0.2, 0.25) is 17.7 Å². The Bertz CT molecular complexity index is 1440. The summed E-state index contributed by atoms with van der Waals surface area (Å²) in [4.78, 5) is 45.7. The molecule has 1 spiro atoms. The normalized spacial score (nSPS) is 29.8. The van der Waals surface area contributed by atoms with Crippen LogP contribution >= 0.6 is 0 Å². The van der Waals surface area contributed by atoms with Crippen LogP contribution in [-0.2, 0) is 19.9 Å². The maximum Gasteiger partial charge on any atom is 0.250 e. The summed E-state index contributed by atoms with van der Waals surface area (Å²) in [5.74, 6) is -1.86. The summed E-state index contributed by atoms with van der Waals surface area (Å²) in [5, 5.41) is 4.97. The van der Waals surface area contributed by atoms with Crippen LogP contribution in [0, 0.1) is 25.7 Å². The van der Waals surface area contributed by atoms with Gasteiger partial charge in [-0.25, -0.2) is 4.90 Å². The topological polar surface area (TPSA) is 69.7 Å². The number of hydrogen-bond acceptors (Lipinski definition) is 4. The molecule has 4 aliphatic heterocycles. The van der Waals surface area contributed by atoms with Gasteiger partial charge in [-0.05, 0) is 55.8 Å². The highest BCUT2D eigenvalue weighted by atomic mass is 16.2. The summed E-state index contributed by atoms with van der Waals surface area (Å²) >= 11 is 0. The number of amides is 3. The van der Waals surface area contributed by atoms with E-state index >= 15 is 0 Å². The molecule has 1 N–H and O–H groups in total. The Morgan fingerprint density at radius 2 is 1.74 bits per heavy atom. The summed E-state index contributed by atoms with van der Waals surface area (Å²) in [6.45, 7) is 4.74. The molecule has 3 amide bonds. The SMILES string of the molecule is Cc1ccc2c(c1C)NC(=O)[C@@]21[C@@H]2C(=O)N(c3cccc4ccccc34)C(=O)[C@@H]2[C@@H]2CCCN21. The second-order valence-corrected chi connectivity index (χ2v) is 10.1. The zero-order valence-electron chi connectivity index (χ0n) is 19.2. The van der Waals surface area contributed by atoms with Gasteiger partial charge in [-0.15, -0.1) is 0 Å². The van der Waals surface area contributed by atoms with Crippen LogP contribution in [0.5, 0.6) is 0 Å². The van der Waals surface area contributed by atoms with Crippen LogP contribution < -0.4 is 10.2 Å². The molecule has 4 aliphatic rings. The number of nitrogens with zero attached hydrogens (tertiary/aromatic N) is 2. The molecule has 3 saturated heterocycles. The van der Waals surface area contributed by atoms with Gasteiger partial charge in [-0.1, -0.05) is 48.5 Å². The Labute approximate surface area is 197 Å². The van der Waals surface area contributed by atoms with Crippen molar-refractivity contribution in [3.8, 4) is 0 Å². The average molecular weight is 452 g/mol. The largest absolute Gasteiger partial charge is 0.324 e. The molecule has 0 bridgehead atoms. The highest BCUT2D eigenvalue weighted by Crippen LogP contribution is 2.61. The van der Waals surface area contributed by atoms with Crippen molar-refractivity contribution in [2.24, 2.45) is 11.8 Å². The highest BCUT2D eigenvalue weighted by molar-refractivity contribution is 6.28. The first-order valence-corrected chi connectivity index (χ1v) is 12.0. The van der Waals surface area contributed by atoms with E-state index in [1.54, 1.807) is 0 Å². The molecule has 4 atom stereocenters. The van der Waals surface area contributed by atoms with Crippen molar-refractivity contribution >= 4 is 39.9 Å². The third-order valence-corrected chi connectivity index (χ3v) is 8.71. The summed E-state index contributed by atoms with van der Waals surface area (Å²) in [6.07, 6.45) is 1.73. The molecule has 0 unspecified atom stereocenters. The van der Waals surface area contributed by atoms with Crippen LogP contribution in [0.3, 0.4) is 0 Å². The van der Waals surface area contributed by atoms with Crippen LogP contribution in [-0.4, -0.2) is 35.2 Å². The van der Waals surface area contributed by atoms with Gasteiger partial charge in [0.05, 0.1) is 17.5 Å². The van der Waals surface area contributed by atoms with Gasteiger partial charge in [0, 0.05) is 22.7 Å². The Morgan fingerprint density at radius 3 is 2.59 bits per heavy atom. The van der Waals surface area contributed by atoms with Crippen molar-refractivity contribution in [3.63, 3.8) is 0 Å². The number of aryl methyl sites for hydroxylation is 1. The first kappa shape index (κ1) is 19.9. The van der Waals surface area contributed by atoms with Crippen LogP contribution in [0.25, 0.3) is 10.8 Å². The number of benzene rings is 3. The number of imide groups is 1. The van der Waals surface area contributed by atoms with E-state index in [4.69, 9.17) is 0 Å². The van der Waals surface area contributed by atoms with Crippen molar-refractivity contribution in [1.29, 1.82) is 0 Å². The monoisotopic (exact) mass is 451 g/mol. The fraction of sp³-hybridized carbons (Fsp3) is 0.321. The first-order chi connectivity index (χ1) is 16.5. The average Bonchev–Trinajstić information content (AvgIpc) is 3.55. The minimum Gasteiger partial charge on any atom is -0.324 e. The Balaban J connectivity index is 1.46. The molecule has 3 aromatic carbocycles. The molecular weight excluding hydrogens is 426 g/mol. The minimum atomic E-state index is -1.13. The van der Waals surface area contributed by atoms with E-state index in [0.717, 1.165) is 46.0 Å². The van der Waals surface area contributed by atoms with E-state index in [-0.39, 0.29) is 23.8 Å². The molecule has 6 heteroatoms. The van der Waals surface area contributed by atoms with E-state index in [1.165, 1.54) is 4.90 Å². The molecule has 0 aromatic heterocycles. The predicted octanol–water partition coefficient (Wildman–Crippen LogP) is 3.89. The lowest BCUT2D eigenvalue weighted by Gasteiger charge is -2.36. The molecule has 0 radical (unpaired) electrons. The summed E-state index contributed by atoms with van der Waals surface area (Å²) in [7, 11) is 0. The molecule has 6 nitrogen and oxygen atoms in total. The first-order valence-electron chi connectivity index (χ1n) is 12.0. The molecule has 3 aromatic rings. The third kappa shape index (κ3) is 2.13. The van der Waals surface area contributed by atoms with Gasteiger partial charge in [0.25, 0.3) is 0 Å². The molecule has 4 heterocycles. The standard InChI is InChI=1S/C28H25N3O3/c1-15-12-13-19-24(16(15)2)29-27(34)28(19)23-22(21-11-6-14-30(21)28)25(32)31(26(23)33)20-10-5-8-17-7-3-4-9-18(17)20/h3-5,7-10,12-13,21-23H,6,11,14H2,1-2H3,(H,29,34)/t21-,22+,23-,28-/m0/s1. The number of fused-ring (bicyclic) bond motifs is 8. The van der Waals surface area contributed by atoms with Crippen LogP contribution in [0.4, 0.5) is 11.4 Å². The quantitative estimate of drug-likeness (QED) is 0.570. The van der Waals surface area contributed by atoms with Gasteiger partial charge < -0.3 is 5.32 Å². The van der Waals surface area contributed by atoms with Crippen LogP contribution in [0.15, 0.2) is 54.6 Å².